The maximum atomic E-state index is 13.4. The first-order chi connectivity index (χ1) is 14.1. The number of aromatic amines is 1. The quantitative estimate of drug-likeness (QED) is 0.641. The van der Waals surface area contributed by atoms with Crippen LogP contribution < -0.4 is 4.90 Å². The molecule has 1 aliphatic carbocycles. The Hall–Kier alpha value is -1.80. The molecule has 2 aliphatic heterocycles. The number of anilines is 1. The van der Waals surface area contributed by atoms with Gasteiger partial charge in [0.1, 0.15) is 17.8 Å². The Kier molecular flexibility index (Phi) is 4.42. The molecule has 2 saturated heterocycles. The molecule has 0 bridgehead atoms. The summed E-state index contributed by atoms with van der Waals surface area (Å²) in [5.41, 5.74) is 0.333. The minimum absolute atomic E-state index is 0.202. The lowest BCUT2D eigenvalue weighted by atomic mass is 10.2. The highest BCUT2D eigenvalue weighted by molar-refractivity contribution is 7.88. The highest BCUT2D eigenvalue weighted by Gasteiger charge is 2.57. The lowest BCUT2D eigenvalue weighted by Crippen LogP contribution is -2.66. The number of rotatable bonds is 5. The average Bonchev–Trinajstić information content (AvgIpc) is 3.21. The van der Waals surface area contributed by atoms with Crippen molar-refractivity contribution >= 4 is 37.1 Å². The Labute approximate surface area is 175 Å². The Morgan fingerprint density at radius 3 is 2.57 bits per heavy atom. The number of aromatic nitrogens is 3. The summed E-state index contributed by atoms with van der Waals surface area (Å²) >= 11 is 0. The first kappa shape index (κ1) is 20.1. The zero-order valence-electron chi connectivity index (χ0n) is 16.9. The third-order valence-corrected chi connectivity index (χ3v) is 9.89. The largest absolute Gasteiger partial charge is 0.353 e. The minimum atomic E-state index is -3.69. The van der Waals surface area contributed by atoms with Gasteiger partial charge in [-0.2, -0.15) is 21.3 Å². The molecule has 5 rings (SSSR count). The molecule has 0 radical (unpaired) electrons. The highest BCUT2D eigenvalue weighted by Crippen LogP contribution is 2.47. The summed E-state index contributed by atoms with van der Waals surface area (Å²) in [6, 6.07) is 1.60. The van der Waals surface area contributed by atoms with Crippen LogP contribution in [0.25, 0.3) is 11.0 Å². The highest BCUT2D eigenvalue weighted by atomic mass is 32.2. The molecule has 0 aromatic carbocycles. The molecule has 30 heavy (non-hydrogen) atoms. The molecule has 1 N–H and O–H groups in total. The van der Waals surface area contributed by atoms with Crippen molar-refractivity contribution in [2.45, 2.75) is 24.4 Å². The molecule has 0 amide bonds. The van der Waals surface area contributed by atoms with E-state index in [4.69, 9.17) is 0 Å². The van der Waals surface area contributed by atoms with Gasteiger partial charge in [0.2, 0.25) is 10.0 Å². The van der Waals surface area contributed by atoms with Crippen molar-refractivity contribution in [3.05, 3.63) is 18.6 Å². The van der Waals surface area contributed by atoms with Crippen LogP contribution in [0.1, 0.15) is 12.8 Å². The number of fused-ring (bicyclic) bond motifs is 1. The number of piperazine rings is 1. The van der Waals surface area contributed by atoms with E-state index in [0.717, 1.165) is 35.9 Å². The molecule has 3 fully saturated rings. The van der Waals surface area contributed by atoms with Crippen molar-refractivity contribution in [1.82, 2.24) is 27.9 Å². The van der Waals surface area contributed by atoms with Gasteiger partial charge in [-0.3, -0.25) is 0 Å². The number of sulfonamides is 1. The van der Waals surface area contributed by atoms with E-state index in [9.17, 15) is 16.8 Å². The molecular formula is C17H25N7O4S2. The molecule has 164 valence electrons. The fourth-order valence-corrected chi connectivity index (χ4v) is 7.18. The van der Waals surface area contributed by atoms with Gasteiger partial charge in [0.15, 0.2) is 0 Å². The number of hydrogen-bond acceptors (Lipinski definition) is 7. The average molecular weight is 456 g/mol. The van der Waals surface area contributed by atoms with Crippen LogP contribution in [0, 0.1) is 0 Å². The Bertz CT molecular complexity index is 1190. The van der Waals surface area contributed by atoms with Crippen LogP contribution in [0.3, 0.4) is 0 Å². The van der Waals surface area contributed by atoms with E-state index in [1.807, 2.05) is 12.3 Å². The third kappa shape index (κ3) is 3.11. The van der Waals surface area contributed by atoms with Crippen molar-refractivity contribution in [1.29, 1.82) is 0 Å². The summed E-state index contributed by atoms with van der Waals surface area (Å²) in [6.07, 6.45) is 6.10. The first-order valence-corrected chi connectivity index (χ1v) is 13.1. The summed E-state index contributed by atoms with van der Waals surface area (Å²) in [4.78, 5) is 13.9. The zero-order chi connectivity index (χ0) is 21.3. The van der Waals surface area contributed by atoms with Crippen molar-refractivity contribution in [2.75, 3.05) is 50.9 Å². The number of likely N-dealkylation sites (N-methyl/N-ethyl adjacent to an activating group) is 1. The van der Waals surface area contributed by atoms with Crippen LogP contribution in [0.15, 0.2) is 18.6 Å². The van der Waals surface area contributed by atoms with Crippen molar-refractivity contribution < 1.29 is 16.8 Å². The maximum Gasteiger partial charge on any atom is 0.282 e. The monoisotopic (exact) mass is 455 g/mol. The Morgan fingerprint density at radius 1 is 1.17 bits per heavy atom. The third-order valence-electron chi connectivity index (χ3n) is 6.50. The summed E-state index contributed by atoms with van der Waals surface area (Å²) in [5.74, 6) is 0.820. The molecule has 0 unspecified atom stereocenters. The standard InChI is InChI=1S/C17H25N7O4S2/c1-21(13-9-23(10-13)29(2,25)26)30(27,28)24-8-7-22(11-17(24)4-5-17)16-14-3-6-18-15(14)19-12-20-16/h3,6,12-13H,4-5,7-11H2,1-2H3,(H,18,19,20). The SMILES string of the molecule is CN(C1CN(S(C)(=O)=O)C1)S(=O)(=O)N1CCN(c2ncnc3[nH]ccc23)CC12CC2. The molecular weight excluding hydrogens is 430 g/mol. The van der Waals surface area contributed by atoms with Gasteiger partial charge in [0.25, 0.3) is 10.2 Å². The fraction of sp³-hybridized carbons (Fsp3) is 0.647. The second-order valence-corrected chi connectivity index (χ2v) is 12.3. The molecule has 11 nitrogen and oxygen atoms in total. The van der Waals surface area contributed by atoms with Gasteiger partial charge in [-0.25, -0.2) is 18.4 Å². The van der Waals surface area contributed by atoms with Gasteiger partial charge in [0.05, 0.1) is 23.2 Å². The van der Waals surface area contributed by atoms with Crippen molar-refractivity contribution in [2.24, 2.45) is 0 Å². The van der Waals surface area contributed by atoms with E-state index in [1.54, 1.807) is 11.4 Å². The van der Waals surface area contributed by atoms with E-state index in [0.29, 0.717) is 19.6 Å². The van der Waals surface area contributed by atoms with Crippen LogP contribution in [0.5, 0.6) is 0 Å². The zero-order valence-corrected chi connectivity index (χ0v) is 18.5. The normalized spacial score (nSPS) is 23.4. The van der Waals surface area contributed by atoms with E-state index in [-0.39, 0.29) is 19.1 Å². The van der Waals surface area contributed by atoms with E-state index >= 15 is 0 Å². The lowest BCUT2D eigenvalue weighted by molar-refractivity contribution is 0.157. The number of nitrogens with one attached hydrogen (secondary N) is 1. The predicted molar refractivity (Wildman–Crippen MR) is 112 cm³/mol. The molecule has 0 atom stereocenters. The second kappa shape index (κ2) is 6.60. The number of H-pyrrole nitrogens is 1. The summed E-state index contributed by atoms with van der Waals surface area (Å²) in [5, 5.41) is 0.928. The summed E-state index contributed by atoms with van der Waals surface area (Å²) < 4.78 is 54.3. The number of hydrogen-bond donors (Lipinski definition) is 1. The van der Waals surface area contributed by atoms with Crippen molar-refractivity contribution in [3.63, 3.8) is 0 Å². The summed E-state index contributed by atoms with van der Waals surface area (Å²) in [6.45, 7) is 1.89. The molecule has 2 aromatic heterocycles. The number of nitrogens with zero attached hydrogens (tertiary/aromatic N) is 6. The van der Waals surface area contributed by atoms with Gasteiger partial charge >= 0.3 is 0 Å². The van der Waals surface area contributed by atoms with Gasteiger partial charge in [-0.1, -0.05) is 0 Å². The van der Waals surface area contributed by atoms with Gasteiger partial charge in [0, 0.05) is 46.0 Å². The summed E-state index contributed by atoms with van der Waals surface area (Å²) in [7, 11) is -5.43. The molecule has 1 spiro atoms. The maximum absolute atomic E-state index is 13.4. The van der Waals surface area contributed by atoms with Crippen molar-refractivity contribution in [3.8, 4) is 0 Å². The topological polar surface area (TPSA) is 123 Å². The molecule has 1 saturated carbocycles. The van der Waals surface area contributed by atoms with E-state index in [2.05, 4.69) is 19.9 Å². The van der Waals surface area contributed by atoms with Crippen LogP contribution in [0.4, 0.5) is 5.82 Å². The van der Waals surface area contributed by atoms with Gasteiger partial charge < -0.3 is 9.88 Å². The predicted octanol–water partition coefficient (Wildman–Crippen LogP) is -0.567. The second-order valence-electron chi connectivity index (χ2n) is 8.41. The molecule has 2 aromatic rings. The smallest absolute Gasteiger partial charge is 0.282 e. The van der Waals surface area contributed by atoms with Crippen LogP contribution >= 0.6 is 0 Å². The van der Waals surface area contributed by atoms with Crippen LogP contribution in [0.2, 0.25) is 0 Å². The Balaban J connectivity index is 1.34. The van der Waals surface area contributed by atoms with E-state index in [1.165, 1.54) is 14.9 Å². The molecule has 13 heteroatoms. The minimum Gasteiger partial charge on any atom is -0.353 e. The Morgan fingerprint density at radius 2 is 1.90 bits per heavy atom. The fourth-order valence-electron chi connectivity index (χ4n) is 4.43. The molecule has 3 aliphatic rings. The van der Waals surface area contributed by atoms with E-state index < -0.39 is 25.8 Å². The first-order valence-electron chi connectivity index (χ1n) is 9.86. The van der Waals surface area contributed by atoms with Crippen LogP contribution in [-0.4, -0.2) is 102 Å². The van der Waals surface area contributed by atoms with Gasteiger partial charge in [-0.15, -0.1) is 0 Å². The van der Waals surface area contributed by atoms with Crippen LogP contribution in [-0.2, 0) is 20.2 Å². The lowest BCUT2D eigenvalue weighted by Gasteiger charge is -2.47. The van der Waals surface area contributed by atoms with Gasteiger partial charge in [-0.05, 0) is 18.9 Å². The molecule has 4 heterocycles.